The molecule has 0 saturated heterocycles. The number of ether oxygens (including phenoxy) is 1. The lowest BCUT2D eigenvalue weighted by Crippen LogP contribution is -2.27. The summed E-state index contributed by atoms with van der Waals surface area (Å²) in [5.41, 5.74) is 1.11. The van der Waals surface area contributed by atoms with Crippen LogP contribution in [0.5, 0.6) is 0 Å². The Bertz CT molecular complexity index is 314. The summed E-state index contributed by atoms with van der Waals surface area (Å²) in [5.74, 6) is 0. The first-order chi connectivity index (χ1) is 8.09. The maximum Gasteiger partial charge on any atom is 0.0623 e. The van der Waals surface area contributed by atoms with Crippen molar-refractivity contribution < 1.29 is 4.74 Å². The summed E-state index contributed by atoms with van der Waals surface area (Å²) in [6.45, 7) is 7.28. The third-order valence-corrected chi connectivity index (χ3v) is 3.05. The SMILES string of the molecule is CCNC(CCC(C)(C)OC)c1ccnnc1. The van der Waals surface area contributed by atoms with Gasteiger partial charge in [-0.15, -0.1) is 0 Å². The molecule has 0 bridgehead atoms. The third-order valence-electron chi connectivity index (χ3n) is 3.05. The molecule has 1 atom stereocenters. The summed E-state index contributed by atoms with van der Waals surface area (Å²) < 4.78 is 5.45. The van der Waals surface area contributed by atoms with Gasteiger partial charge in [0.15, 0.2) is 0 Å². The van der Waals surface area contributed by atoms with Crippen LogP contribution in [-0.2, 0) is 4.74 Å². The molecule has 1 heterocycles. The predicted molar refractivity (Wildman–Crippen MR) is 68.8 cm³/mol. The van der Waals surface area contributed by atoms with Crippen molar-refractivity contribution in [1.82, 2.24) is 15.5 Å². The minimum absolute atomic E-state index is 0.0753. The van der Waals surface area contributed by atoms with Gasteiger partial charge in [-0.2, -0.15) is 10.2 Å². The van der Waals surface area contributed by atoms with E-state index in [0.717, 1.165) is 19.4 Å². The average molecular weight is 237 g/mol. The van der Waals surface area contributed by atoms with E-state index in [-0.39, 0.29) is 5.60 Å². The fourth-order valence-corrected chi connectivity index (χ4v) is 1.73. The standard InChI is InChI=1S/C13H23N3O/c1-5-14-12(6-8-13(2,3)17-4)11-7-9-15-16-10-11/h7,9-10,12,14H,5-6,8H2,1-4H3. The molecule has 4 heteroatoms. The Kier molecular flexibility index (Phi) is 5.51. The molecule has 0 radical (unpaired) electrons. The van der Waals surface area contributed by atoms with Crippen LogP contribution in [0.2, 0.25) is 0 Å². The van der Waals surface area contributed by atoms with Crippen LogP contribution in [0.25, 0.3) is 0 Å². The molecule has 0 spiro atoms. The van der Waals surface area contributed by atoms with Crippen LogP contribution >= 0.6 is 0 Å². The molecule has 0 aliphatic heterocycles. The highest BCUT2D eigenvalue weighted by Crippen LogP contribution is 2.23. The molecule has 1 rings (SSSR count). The van der Waals surface area contributed by atoms with Crippen molar-refractivity contribution in [3.8, 4) is 0 Å². The van der Waals surface area contributed by atoms with E-state index in [9.17, 15) is 0 Å². The molecule has 1 aromatic rings. The van der Waals surface area contributed by atoms with Gasteiger partial charge in [-0.25, -0.2) is 0 Å². The Morgan fingerprint density at radius 1 is 1.41 bits per heavy atom. The first kappa shape index (κ1) is 14.1. The van der Waals surface area contributed by atoms with Crippen molar-refractivity contribution in [1.29, 1.82) is 0 Å². The zero-order chi connectivity index (χ0) is 12.7. The van der Waals surface area contributed by atoms with Crippen LogP contribution in [-0.4, -0.2) is 29.5 Å². The molecule has 4 nitrogen and oxygen atoms in total. The molecule has 1 aromatic heterocycles. The highest BCUT2D eigenvalue weighted by atomic mass is 16.5. The van der Waals surface area contributed by atoms with Gasteiger partial charge < -0.3 is 10.1 Å². The first-order valence-electron chi connectivity index (χ1n) is 6.14. The van der Waals surface area contributed by atoms with Crippen molar-refractivity contribution >= 4 is 0 Å². The Balaban J connectivity index is 2.61. The highest BCUT2D eigenvalue weighted by Gasteiger charge is 2.19. The van der Waals surface area contributed by atoms with Crippen LogP contribution in [0.1, 0.15) is 45.2 Å². The summed E-state index contributed by atoms with van der Waals surface area (Å²) in [5, 5.41) is 11.2. The average Bonchev–Trinajstić information content (AvgIpc) is 2.35. The molecule has 1 unspecified atom stereocenters. The summed E-state index contributed by atoms with van der Waals surface area (Å²) in [6, 6.07) is 2.34. The third kappa shape index (κ3) is 4.79. The first-order valence-corrected chi connectivity index (χ1v) is 6.14. The van der Waals surface area contributed by atoms with Crippen molar-refractivity contribution in [2.45, 2.75) is 45.3 Å². The van der Waals surface area contributed by atoms with E-state index in [2.05, 4.69) is 36.3 Å². The molecule has 17 heavy (non-hydrogen) atoms. The zero-order valence-corrected chi connectivity index (χ0v) is 11.2. The molecule has 0 amide bonds. The van der Waals surface area contributed by atoms with E-state index in [4.69, 9.17) is 4.74 Å². The van der Waals surface area contributed by atoms with E-state index in [1.807, 2.05) is 12.3 Å². The second kappa shape index (κ2) is 6.67. The van der Waals surface area contributed by atoms with Crippen LogP contribution in [0.15, 0.2) is 18.5 Å². The summed E-state index contributed by atoms with van der Waals surface area (Å²) >= 11 is 0. The van der Waals surface area contributed by atoms with E-state index in [1.165, 1.54) is 5.56 Å². The molecule has 0 aliphatic carbocycles. The molecule has 0 aromatic carbocycles. The zero-order valence-electron chi connectivity index (χ0n) is 11.2. The number of hydrogen-bond donors (Lipinski definition) is 1. The van der Waals surface area contributed by atoms with Crippen LogP contribution < -0.4 is 5.32 Å². The van der Waals surface area contributed by atoms with Gasteiger partial charge in [-0.05, 0) is 44.9 Å². The Morgan fingerprint density at radius 2 is 2.18 bits per heavy atom. The lowest BCUT2D eigenvalue weighted by atomic mass is 9.96. The Hall–Kier alpha value is -1.00. The van der Waals surface area contributed by atoms with Gasteiger partial charge >= 0.3 is 0 Å². The largest absolute Gasteiger partial charge is 0.379 e. The van der Waals surface area contributed by atoms with Crippen LogP contribution in [0.4, 0.5) is 0 Å². The number of nitrogens with zero attached hydrogens (tertiary/aromatic N) is 2. The Labute approximate surface area is 104 Å². The Morgan fingerprint density at radius 3 is 2.71 bits per heavy atom. The monoisotopic (exact) mass is 237 g/mol. The van der Waals surface area contributed by atoms with Crippen molar-refractivity contribution in [2.24, 2.45) is 0 Å². The van der Waals surface area contributed by atoms with Gasteiger partial charge in [0.05, 0.1) is 11.8 Å². The fourth-order valence-electron chi connectivity index (χ4n) is 1.73. The fraction of sp³-hybridized carbons (Fsp3) is 0.692. The molecule has 0 aliphatic rings. The van der Waals surface area contributed by atoms with Gasteiger partial charge in [0.25, 0.3) is 0 Å². The van der Waals surface area contributed by atoms with Gasteiger partial charge in [-0.1, -0.05) is 6.92 Å². The predicted octanol–water partition coefficient (Wildman–Crippen LogP) is 2.33. The smallest absolute Gasteiger partial charge is 0.0623 e. The number of hydrogen-bond acceptors (Lipinski definition) is 4. The lowest BCUT2D eigenvalue weighted by molar-refractivity contribution is 0.0117. The van der Waals surface area contributed by atoms with E-state index in [0.29, 0.717) is 6.04 Å². The second-order valence-corrected chi connectivity index (χ2v) is 4.79. The van der Waals surface area contributed by atoms with Crippen molar-refractivity contribution in [3.05, 3.63) is 24.0 Å². The topological polar surface area (TPSA) is 47.0 Å². The molecular formula is C13H23N3O. The maximum absolute atomic E-state index is 5.45. The minimum Gasteiger partial charge on any atom is -0.379 e. The van der Waals surface area contributed by atoms with Gasteiger partial charge in [-0.3, -0.25) is 0 Å². The summed E-state index contributed by atoms with van der Waals surface area (Å²) in [4.78, 5) is 0. The normalized spacial score (nSPS) is 13.6. The number of aromatic nitrogens is 2. The summed E-state index contributed by atoms with van der Waals surface area (Å²) in [7, 11) is 1.76. The molecular weight excluding hydrogens is 214 g/mol. The van der Waals surface area contributed by atoms with Crippen molar-refractivity contribution in [2.75, 3.05) is 13.7 Å². The molecule has 0 fully saturated rings. The number of rotatable bonds is 7. The van der Waals surface area contributed by atoms with E-state index >= 15 is 0 Å². The van der Waals surface area contributed by atoms with E-state index in [1.54, 1.807) is 13.3 Å². The van der Waals surface area contributed by atoms with Gasteiger partial charge in [0.2, 0.25) is 0 Å². The lowest BCUT2D eigenvalue weighted by Gasteiger charge is -2.26. The second-order valence-electron chi connectivity index (χ2n) is 4.79. The molecule has 1 N–H and O–H groups in total. The summed E-state index contributed by atoms with van der Waals surface area (Å²) in [6.07, 6.45) is 5.60. The molecule has 96 valence electrons. The maximum atomic E-state index is 5.45. The highest BCUT2D eigenvalue weighted by molar-refractivity contribution is 5.11. The molecule has 0 saturated carbocycles. The quantitative estimate of drug-likeness (QED) is 0.790. The number of nitrogens with one attached hydrogen (secondary N) is 1. The van der Waals surface area contributed by atoms with Gasteiger partial charge in [0.1, 0.15) is 0 Å². The van der Waals surface area contributed by atoms with Crippen LogP contribution in [0, 0.1) is 0 Å². The minimum atomic E-state index is -0.0753. The number of methoxy groups -OCH3 is 1. The van der Waals surface area contributed by atoms with Gasteiger partial charge in [0, 0.05) is 19.3 Å². The van der Waals surface area contributed by atoms with Crippen molar-refractivity contribution in [3.63, 3.8) is 0 Å². The van der Waals surface area contributed by atoms with Crippen LogP contribution in [0.3, 0.4) is 0 Å². The van der Waals surface area contributed by atoms with E-state index < -0.39 is 0 Å².